The van der Waals surface area contributed by atoms with E-state index >= 15 is 0 Å². The van der Waals surface area contributed by atoms with Crippen LogP contribution >= 0.6 is 0 Å². The van der Waals surface area contributed by atoms with Crippen LogP contribution in [0.15, 0.2) is 5.10 Å². The number of nitrogens with zero attached hydrogens (tertiary/aromatic N) is 2. The summed E-state index contributed by atoms with van der Waals surface area (Å²) in [6, 6.07) is 0. The van der Waals surface area contributed by atoms with Gasteiger partial charge >= 0.3 is 0 Å². The minimum absolute atomic E-state index is 0.0824. The molecule has 1 aliphatic heterocycles. The molecule has 0 aromatic rings. The molecule has 2 rings (SSSR count). The van der Waals surface area contributed by atoms with E-state index in [0.717, 1.165) is 25.7 Å². The average Bonchev–Trinajstić information content (AvgIpc) is 2.77. The highest BCUT2D eigenvalue weighted by Crippen LogP contribution is 2.28. The molecule has 1 heterocycles. The molecule has 1 fully saturated rings. The van der Waals surface area contributed by atoms with Crippen LogP contribution in [0.2, 0.25) is 0 Å². The Morgan fingerprint density at radius 3 is 2.72 bits per heavy atom. The summed E-state index contributed by atoms with van der Waals surface area (Å²) in [4.78, 5) is 23.1. The molecule has 0 bridgehead atoms. The monoisotopic (exact) mass is 253 g/mol. The topological polar surface area (TPSA) is 82.0 Å². The number of hydrogen-bond acceptors (Lipinski definition) is 4. The number of hydrogen-bond donors (Lipinski definition) is 2. The van der Waals surface area contributed by atoms with Gasteiger partial charge in [-0.05, 0) is 12.8 Å². The Morgan fingerprint density at radius 2 is 2.11 bits per heavy atom. The molecule has 2 N–H and O–H groups in total. The second-order valence-electron chi connectivity index (χ2n) is 5.08. The quantitative estimate of drug-likeness (QED) is 0.743. The van der Waals surface area contributed by atoms with Crippen LogP contribution in [0.1, 0.15) is 38.5 Å². The van der Waals surface area contributed by atoms with Crippen LogP contribution in [0.5, 0.6) is 0 Å². The zero-order valence-electron chi connectivity index (χ0n) is 10.6. The lowest BCUT2D eigenvalue weighted by atomic mass is 10.0. The molecule has 1 aliphatic carbocycles. The molecule has 0 aromatic heterocycles. The molecule has 18 heavy (non-hydrogen) atoms. The van der Waals surface area contributed by atoms with Crippen LogP contribution in [0.3, 0.4) is 0 Å². The molecule has 0 radical (unpaired) electrons. The fourth-order valence-corrected chi connectivity index (χ4v) is 2.39. The molecular formula is C12H19N3O3. The fourth-order valence-electron chi connectivity index (χ4n) is 2.39. The van der Waals surface area contributed by atoms with Crippen molar-refractivity contribution in [2.24, 2.45) is 5.10 Å². The van der Waals surface area contributed by atoms with Gasteiger partial charge in [0, 0.05) is 26.4 Å². The molecule has 100 valence electrons. The Bertz CT molecular complexity index is 386. The van der Waals surface area contributed by atoms with Crippen molar-refractivity contribution >= 4 is 17.5 Å². The number of nitrogens with one attached hydrogen (secondary N) is 1. The van der Waals surface area contributed by atoms with E-state index in [2.05, 4.69) is 10.4 Å². The van der Waals surface area contributed by atoms with Gasteiger partial charge in [0.05, 0.1) is 5.60 Å². The number of carbonyl (C=O) groups excluding carboxylic acids is 2. The highest BCUT2D eigenvalue weighted by Gasteiger charge is 2.32. The van der Waals surface area contributed by atoms with Crippen molar-refractivity contribution in [1.29, 1.82) is 0 Å². The molecule has 2 amide bonds. The average molecular weight is 253 g/mol. The summed E-state index contributed by atoms with van der Waals surface area (Å²) < 4.78 is 0. The third-order valence-corrected chi connectivity index (χ3v) is 3.58. The van der Waals surface area contributed by atoms with Gasteiger partial charge < -0.3 is 10.4 Å². The second-order valence-corrected chi connectivity index (χ2v) is 5.08. The Balaban J connectivity index is 1.88. The van der Waals surface area contributed by atoms with Crippen molar-refractivity contribution in [3.8, 4) is 0 Å². The van der Waals surface area contributed by atoms with Crippen molar-refractivity contribution in [2.75, 3.05) is 13.6 Å². The highest BCUT2D eigenvalue weighted by molar-refractivity contribution is 6.39. The van der Waals surface area contributed by atoms with Gasteiger partial charge in [0.1, 0.15) is 5.71 Å². The Hall–Kier alpha value is -1.43. The van der Waals surface area contributed by atoms with Gasteiger partial charge in [0.2, 0.25) is 5.91 Å². The summed E-state index contributed by atoms with van der Waals surface area (Å²) in [5.41, 5.74) is -0.397. The van der Waals surface area contributed by atoms with Gasteiger partial charge in [-0.3, -0.25) is 9.59 Å². The van der Waals surface area contributed by atoms with Gasteiger partial charge in [0.15, 0.2) is 0 Å². The summed E-state index contributed by atoms with van der Waals surface area (Å²) >= 11 is 0. The van der Waals surface area contributed by atoms with E-state index in [-0.39, 0.29) is 18.4 Å². The van der Waals surface area contributed by atoms with E-state index in [1.54, 1.807) is 7.05 Å². The predicted molar refractivity (Wildman–Crippen MR) is 65.9 cm³/mol. The molecule has 6 nitrogen and oxygen atoms in total. The third kappa shape index (κ3) is 2.87. The lowest BCUT2D eigenvalue weighted by Crippen LogP contribution is -2.44. The van der Waals surface area contributed by atoms with E-state index in [4.69, 9.17) is 0 Å². The minimum atomic E-state index is -0.757. The number of amides is 2. The van der Waals surface area contributed by atoms with Crippen molar-refractivity contribution in [3.05, 3.63) is 0 Å². The van der Waals surface area contributed by atoms with E-state index < -0.39 is 5.60 Å². The number of carbonyl (C=O) groups is 2. The molecule has 0 spiro atoms. The predicted octanol–water partition coefficient (Wildman–Crippen LogP) is 0.0159. The lowest BCUT2D eigenvalue weighted by molar-refractivity contribution is -0.130. The molecule has 1 saturated carbocycles. The summed E-state index contributed by atoms with van der Waals surface area (Å²) in [6.07, 6.45) is 4.16. The Kier molecular flexibility index (Phi) is 3.65. The minimum Gasteiger partial charge on any atom is -0.388 e. The first-order chi connectivity index (χ1) is 8.50. The van der Waals surface area contributed by atoms with Gasteiger partial charge in [-0.15, -0.1) is 0 Å². The zero-order chi connectivity index (χ0) is 13.2. The van der Waals surface area contributed by atoms with Gasteiger partial charge in [-0.2, -0.15) is 5.10 Å². The summed E-state index contributed by atoms with van der Waals surface area (Å²) in [5, 5.41) is 18.0. The van der Waals surface area contributed by atoms with Crippen molar-refractivity contribution < 1.29 is 14.7 Å². The normalized spacial score (nSPS) is 22.9. The maximum atomic E-state index is 11.9. The van der Waals surface area contributed by atoms with E-state index in [9.17, 15) is 14.7 Å². The van der Waals surface area contributed by atoms with Crippen LogP contribution in [0.25, 0.3) is 0 Å². The zero-order valence-corrected chi connectivity index (χ0v) is 10.6. The number of hydrazone groups is 1. The van der Waals surface area contributed by atoms with E-state index in [1.165, 1.54) is 5.01 Å². The lowest BCUT2D eigenvalue weighted by Gasteiger charge is -2.23. The summed E-state index contributed by atoms with van der Waals surface area (Å²) in [6.45, 7) is 0.266. The van der Waals surface area contributed by atoms with Crippen LogP contribution in [-0.2, 0) is 9.59 Å². The van der Waals surface area contributed by atoms with Crippen molar-refractivity contribution in [3.63, 3.8) is 0 Å². The Morgan fingerprint density at radius 1 is 1.44 bits per heavy atom. The molecule has 0 unspecified atom stereocenters. The van der Waals surface area contributed by atoms with Crippen LogP contribution in [-0.4, -0.2) is 46.8 Å². The third-order valence-electron chi connectivity index (χ3n) is 3.58. The first-order valence-corrected chi connectivity index (χ1v) is 6.35. The van der Waals surface area contributed by atoms with Crippen molar-refractivity contribution in [2.45, 2.75) is 44.1 Å². The fraction of sp³-hybridized carbons (Fsp3) is 0.750. The molecular weight excluding hydrogens is 234 g/mol. The van der Waals surface area contributed by atoms with Gasteiger partial charge in [0.25, 0.3) is 5.91 Å². The number of aliphatic hydroxyl groups is 1. The first kappa shape index (κ1) is 13.0. The standard InChI is InChI=1S/C12H19N3O3/c1-15-10(16)5-4-9(14-15)11(17)13-8-12(18)6-2-3-7-12/h18H,2-8H2,1H3,(H,13,17). The molecule has 2 aliphatic rings. The SMILES string of the molecule is CN1N=C(C(=O)NCC2(O)CCCC2)CCC1=O. The molecule has 0 atom stereocenters. The van der Waals surface area contributed by atoms with E-state index in [1.807, 2.05) is 0 Å². The second kappa shape index (κ2) is 5.06. The maximum absolute atomic E-state index is 11.9. The summed E-state index contributed by atoms with van der Waals surface area (Å²) in [7, 11) is 1.54. The summed E-state index contributed by atoms with van der Waals surface area (Å²) in [5.74, 6) is -0.365. The smallest absolute Gasteiger partial charge is 0.267 e. The molecule has 0 saturated heterocycles. The van der Waals surface area contributed by atoms with Gasteiger partial charge in [-0.1, -0.05) is 12.8 Å². The number of rotatable bonds is 3. The highest BCUT2D eigenvalue weighted by atomic mass is 16.3. The van der Waals surface area contributed by atoms with Crippen LogP contribution < -0.4 is 5.32 Å². The van der Waals surface area contributed by atoms with Gasteiger partial charge in [-0.25, -0.2) is 5.01 Å². The van der Waals surface area contributed by atoms with Crippen LogP contribution in [0.4, 0.5) is 0 Å². The molecule has 6 heteroatoms. The largest absolute Gasteiger partial charge is 0.388 e. The van der Waals surface area contributed by atoms with Crippen molar-refractivity contribution in [1.82, 2.24) is 10.3 Å². The maximum Gasteiger partial charge on any atom is 0.267 e. The first-order valence-electron chi connectivity index (χ1n) is 6.35. The molecule has 0 aromatic carbocycles. The Labute approximate surface area is 106 Å². The van der Waals surface area contributed by atoms with Crippen LogP contribution in [0, 0.1) is 0 Å². The van der Waals surface area contributed by atoms with E-state index in [0.29, 0.717) is 18.6 Å².